The van der Waals surface area contributed by atoms with Crippen LogP contribution < -0.4 is 9.47 Å². The zero-order valence-corrected chi connectivity index (χ0v) is 16.1. The lowest BCUT2D eigenvalue weighted by Crippen LogP contribution is -2.48. The summed E-state index contributed by atoms with van der Waals surface area (Å²) >= 11 is 0. The summed E-state index contributed by atoms with van der Waals surface area (Å²) in [5.74, 6) is 1.56. The summed E-state index contributed by atoms with van der Waals surface area (Å²) in [5, 5.41) is 0. The van der Waals surface area contributed by atoms with Crippen molar-refractivity contribution in [3.8, 4) is 11.6 Å². The number of amides is 1. The highest BCUT2D eigenvalue weighted by Crippen LogP contribution is 2.26. The molecule has 6 nitrogen and oxygen atoms in total. The van der Waals surface area contributed by atoms with Gasteiger partial charge < -0.3 is 14.4 Å². The fourth-order valence-electron chi connectivity index (χ4n) is 3.57. The molecule has 1 saturated heterocycles. The second kappa shape index (κ2) is 8.44. The average molecular weight is 379 g/mol. The van der Waals surface area contributed by atoms with Gasteiger partial charge in [-0.3, -0.25) is 9.69 Å². The van der Waals surface area contributed by atoms with Gasteiger partial charge in [0, 0.05) is 51.4 Å². The molecule has 1 amide bonds. The number of fused-ring (bicyclic) bond motifs is 1. The first-order valence-electron chi connectivity index (χ1n) is 9.67. The molecule has 0 N–H and O–H groups in total. The third kappa shape index (κ3) is 4.17. The van der Waals surface area contributed by atoms with Gasteiger partial charge in [0.25, 0.3) is 5.91 Å². The van der Waals surface area contributed by atoms with Crippen molar-refractivity contribution in [2.45, 2.75) is 6.42 Å². The first-order valence-corrected chi connectivity index (χ1v) is 9.67. The van der Waals surface area contributed by atoms with Crippen LogP contribution in [0.15, 0.2) is 42.6 Å². The molecule has 2 aliphatic rings. The topological polar surface area (TPSA) is 54.9 Å². The van der Waals surface area contributed by atoms with Gasteiger partial charge >= 0.3 is 0 Å². The Bertz CT molecular complexity index is 856. The molecule has 0 saturated carbocycles. The standard InChI is InChI=1S/C22H25N3O3/c1-27-21-7-6-19(16-23-21)22(26)25-12-10-24(11-13-25)9-2-3-17-4-5-18-8-14-28-20(18)15-17/h2-7,15-16H,8-14H2,1H3/b3-2+. The van der Waals surface area contributed by atoms with Crippen molar-refractivity contribution in [3.05, 3.63) is 59.3 Å². The van der Waals surface area contributed by atoms with Crippen molar-refractivity contribution in [2.24, 2.45) is 0 Å². The number of aromatic nitrogens is 1. The van der Waals surface area contributed by atoms with Gasteiger partial charge in [-0.1, -0.05) is 24.3 Å². The number of piperazine rings is 1. The molecule has 0 bridgehead atoms. The van der Waals surface area contributed by atoms with E-state index >= 15 is 0 Å². The number of nitrogens with zero attached hydrogens (tertiary/aromatic N) is 3. The lowest BCUT2D eigenvalue weighted by Gasteiger charge is -2.34. The van der Waals surface area contributed by atoms with E-state index < -0.39 is 0 Å². The smallest absolute Gasteiger partial charge is 0.255 e. The number of hydrogen-bond donors (Lipinski definition) is 0. The van der Waals surface area contributed by atoms with Crippen molar-refractivity contribution in [1.29, 1.82) is 0 Å². The zero-order chi connectivity index (χ0) is 19.3. The molecule has 28 heavy (non-hydrogen) atoms. The Kier molecular flexibility index (Phi) is 5.58. The number of methoxy groups -OCH3 is 1. The van der Waals surface area contributed by atoms with Crippen LogP contribution in [0.5, 0.6) is 11.6 Å². The van der Waals surface area contributed by atoms with E-state index in [-0.39, 0.29) is 5.91 Å². The lowest BCUT2D eigenvalue weighted by molar-refractivity contribution is 0.0650. The van der Waals surface area contributed by atoms with Crippen LogP contribution in [0, 0.1) is 0 Å². The molecule has 1 fully saturated rings. The Morgan fingerprint density at radius 3 is 2.82 bits per heavy atom. The molecule has 2 aliphatic heterocycles. The van der Waals surface area contributed by atoms with E-state index in [1.54, 1.807) is 25.4 Å². The second-order valence-electron chi connectivity index (χ2n) is 7.05. The van der Waals surface area contributed by atoms with Gasteiger partial charge in [0.05, 0.1) is 19.3 Å². The van der Waals surface area contributed by atoms with Gasteiger partial charge in [-0.25, -0.2) is 4.98 Å². The minimum absolute atomic E-state index is 0.0310. The third-order valence-corrected chi connectivity index (χ3v) is 5.25. The van der Waals surface area contributed by atoms with Crippen molar-refractivity contribution in [1.82, 2.24) is 14.8 Å². The SMILES string of the molecule is COc1ccc(C(=O)N2CCN(C/C=C/c3ccc4c(c3)OCC4)CC2)cn1. The summed E-state index contributed by atoms with van der Waals surface area (Å²) < 4.78 is 10.7. The number of pyridine rings is 1. The fourth-order valence-corrected chi connectivity index (χ4v) is 3.57. The van der Waals surface area contributed by atoms with E-state index in [2.05, 4.69) is 40.2 Å². The van der Waals surface area contributed by atoms with Crippen LogP contribution in [0.2, 0.25) is 0 Å². The zero-order valence-electron chi connectivity index (χ0n) is 16.1. The molecular formula is C22H25N3O3. The van der Waals surface area contributed by atoms with Crippen LogP contribution in [0.4, 0.5) is 0 Å². The minimum atomic E-state index is 0.0310. The van der Waals surface area contributed by atoms with Crippen molar-refractivity contribution in [3.63, 3.8) is 0 Å². The number of carbonyl (C=O) groups excluding carboxylic acids is 1. The predicted molar refractivity (Wildman–Crippen MR) is 108 cm³/mol. The van der Waals surface area contributed by atoms with Gasteiger partial charge in [-0.05, 0) is 23.3 Å². The fraction of sp³-hybridized carbons (Fsp3) is 0.364. The molecule has 0 spiro atoms. The molecular weight excluding hydrogens is 354 g/mol. The van der Waals surface area contributed by atoms with E-state index in [4.69, 9.17) is 9.47 Å². The Balaban J connectivity index is 1.26. The lowest BCUT2D eigenvalue weighted by atomic mass is 10.1. The van der Waals surface area contributed by atoms with E-state index in [0.29, 0.717) is 11.4 Å². The largest absolute Gasteiger partial charge is 0.493 e. The second-order valence-corrected chi connectivity index (χ2v) is 7.05. The maximum atomic E-state index is 12.6. The third-order valence-electron chi connectivity index (χ3n) is 5.25. The van der Waals surface area contributed by atoms with Crippen LogP contribution in [0.3, 0.4) is 0 Å². The molecule has 0 atom stereocenters. The summed E-state index contributed by atoms with van der Waals surface area (Å²) in [4.78, 5) is 21.0. The molecule has 6 heteroatoms. The van der Waals surface area contributed by atoms with E-state index in [9.17, 15) is 4.79 Å². The Hall–Kier alpha value is -2.86. The number of ether oxygens (including phenoxy) is 2. The summed E-state index contributed by atoms with van der Waals surface area (Å²) in [6.45, 7) is 4.86. The van der Waals surface area contributed by atoms with E-state index in [1.165, 1.54) is 11.1 Å². The molecule has 0 unspecified atom stereocenters. The molecule has 1 aromatic heterocycles. The number of rotatable bonds is 5. The van der Waals surface area contributed by atoms with Gasteiger partial charge in [0.15, 0.2) is 0 Å². The molecule has 4 rings (SSSR count). The minimum Gasteiger partial charge on any atom is -0.493 e. The number of benzene rings is 1. The maximum Gasteiger partial charge on any atom is 0.255 e. The van der Waals surface area contributed by atoms with Crippen molar-refractivity contribution in [2.75, 3.05) is 46.4 Å². The van der Waals surface area contributed by atoms with Crippen LogP contribution in [0.25, 0.3) is 6.08 Å². The highest BCUT2D eigenvalue weighted by Gasteiger charge is 2.21. The van der Waals surface area contributed by atoms with Crippen molar-refractivity contribution >= 4 is 12.0 Å². The summed E-state index contributed by atoms with van der Waals surface area (Å²) in [6.07, 6.45) is 6.91. The summed E-state index contributed by atoms with van der Waals surface area (Å²) in [7, 11) is 1.57. The van der Waals surface area contributed by atoms with Gasteiger partial charge in [0.1, 0.15) is 5.75 Å². The Morgan fingerprint density at radius 2 is 2.07 bits per heavy atom. The van der Waals surface area contributed by atoms with Gasteiger partial charge in [-0.2, -0.15) is 0 Å². The van der Waals surface area contributed by atoms with Crippen LogP contribution in [0.1, 0.15) is 21.5 Å². The highest BCUT2D eigenvalue weighted by molar-refractivity contribution is 5.94. The molecule has 0 aliphatic carbocycles. The molecule has 1 aromatic carbocycles. The van der Waals surface area contributed by atoms with Crippen LogP contribution in [-0.2, 0) is 6.42 Å². The monoisotopic (exact) mass is 379 g/mol. The molecule has 2 aromatic rings. The molecule has 146 valence electrons. The number of carbonyl (C=O) groups is 1. The first-order chi connectivity index (χ1) is 13.7. The normalized spacial score (nSPS) is 16.8. The predicted octanol–water partition coefficient (Wildman–Crippen LogP) is 2.50. The van der Waals surface area contributed by atoms with E-state index in [1.807, 2.05) is 4.90 Å². The summed E-state index contributed by atoms with van der Waals surface area (Å²) in [6, 6.07) is 9.89. The van der Waals surface area contributed by atoms with E-state index in [0.717, 1.165) is 51.5 Å². The van der Waals surface area contributed by atoms with Gasteiger partial charge in [0.2, 0.25) is 5.88 Å². The van der Waals surface area contributed by atoms with Crippen LogP contribution >= 0.6 is 0 Å². The molecule has 0 radical (unpaired) electrons. The molecule has 3 heterocycles. The Labute approximate surface area is 165 Å². The first kappa shape index (κ1) is 18.5. The highest BCUT2D eigenvalue weighted by atomic mass is 16.5. The van der Waals surface area contributed by atoms with Crippen LogP contribution in [-0.4, -0.2) is 67.1 Å². The van der Waals surface area contributed by atoms with Crippen molar-refractivity contribution < 1.29 is 14.3 Å². The van der Waals surface area contributed by atoms with Gasteiger partial charge in [-0.15, -0.1) is 0 Å². The maximum absolute atomic E-state index is 12.6. The number of hydrogen-bond acceptors (Lipinski definition) is 5. The summed E-state index contributed by atoms with van der Waals surface area (Å²) in [5.41, 5.74) is 3.07. The average Bonchev–Trinajstić information content (AvgIpc) is 3.22. The Morgan fingerprint density at radius 1 is 1.21 bits per heavy atom. The quantitative estimate of drug-likeness (QED) is 0.799.